The van der Waals surface area contributed by atoms with E-state index in [0.29, 0.717) is 5.76 Å². The molecule has 2 aromatic heterocycles. The van der Waals surface area contributed by atoms with Crippen LogP contribution in [0.3, 0.4) is 0 Å². The Hall–Kier alpha value is -2.19. The molecule has 2 aliphatic heterocycles. The first-order valence-electron chi connectivity index (χ1n) is 9.74. The summed E-state index contributed by atoms with van der Waals surface area (Å²) < 4.78 is 7.25. The van der Waals surface area contributed by atoms with Crippen molar-refractivity contribution in [2.75, 3.05) is 39.8 Å². The average molecular weight is 372 g/mol. The van der Waals surface area contributed by atoms with Gasteiger partial charge in [-0.05, 0) is 38.9 Å². The molecule has 0 saturated carbocycles. The molecule has 2 fully saturated rings. The standard InChI is InChI=1S/C19H28N6O2/c1-3-25-17(20-15-21-25)13-23-11-10-22(2)19(14-23)6-8-24(9-7-19)18(26)16-5-4-12-27-16/h4-5,12,15H,3,6-11,13-14H2,1-2H3. The Morgan fingerprint density at radius 1 is 1.26 bits per heavy atom. The van der Waals surface area contributed by atoms with Gasteiger partial charge in [-0.25, -0.2) is 9.67 Å². The van der Waals surface area contributed by atoms with Crippen molar-refractivity contribution < 1.29 is 9.21 Å². The van der Waals surface area contributed by atoms with Crippen molar-refractivity contribution in [2.45, 2.75) is 38.4 Å². The molecule has 4 rings (SSSR count). The first-order chi connectivity index (χ1) is 13.1. The van der Waals surface area contributed by atoms with Crippen LogP contribution in [-0.2, 0) is 13.1 Å². The molecule has 0 aliphatic carbocycles. The van der Waals surface area contributed by atoms with Crippen LogP contribution < -0.4 is 0 Å². The zero-order chi connectivity index (χ0) is 18.9. The van der Waals surface area contributed by atoms with Crippen LogP contribution in [-0.4, -0.2) is 80.7 Å². The Morgan fingerprint density at radius 2 is 2.07 bits per heavy atom. The topological polar surface area (TPSA) is 70.6 Å². The fourth-order valence-electron chi connectivity index (χ4n) is 4.38. The number of hydrogen-bond acceptors (Lipinski definition) is 6. The van der Waals surface area contributed by atoms with Gasteiger partial charge in [0.05, 0.1) is 12.8 Å². The minimum absolute atomic E-state index is 0.00113. The number of piperidine rings is 1. The lowest BCUT2D eigenvalue weighted by Gasteiger charge is -2.53. The second-order valence-corrected chi connectivity index (χ2v) is 7.62. The van der Waals surface area contributed by atoms with Gasteiger partial charge in [0, 0.05) is 44.8 Å². The van der Waals surface area contributed by atoms with Gasteiger partial charge >= 0.3 is 0 Å². The molecular formula is C19H28N6O2. The number of likely N-dealkylation sites (tertiary alicyclic amines) is 1. The van der Waals surface area contributed by atoms with Gasteiger partial charge in [0.15, 0.2) is 5.76 Å². The maximum Gasteiger partial charge on any atom is 0.289 e. The third-order valence-electron chi connectivity index (χ3n) is 6.15. The molecule has 0 bridgehead atoms. The van der Waals surface area contributed by atoms with Crippen LogP contribution in [0.1, 0.15) is 36.1 Å². The number of amides is 1. The molecule has 27 heavy (non-hydrogen) atoms. The zero-order valence-electron chi connectivity index (χ0n) is 16.2. The smallest absolute Gasteiger partial charge is 0.289 e. The maximum absolute atomic E-state index is 12.6. The Kier molecular flexibility index (Phi) is 5.01. The summed E-state index contributed by atoms with van der Waals surface area (Å²) in [6, 6.07) is 3.51. The minimum Gasteiger partial charge on any atom is -0.459 e. The van der Waals surface area contributed by atoms with Gasteiger partial charge in [0.2, 0.25) is 0 Å². The van der Waals surface area contributed by atoms with Crippen LogP contribution in [0.25, 0.3) is 0 Å². The highest BCUT2D eigenvalue weighted by atomic mass is 16.3. The number of rotatable bonds is 4. The number of carbonyl (C=O) groups excluding carboxylic acids is 1. The molecule has 0 unspecified atom stereocenters. The lowest BCUT2D eigenvalue weighted by molar-refractivity contribution is -0.0276. The number of piperazine rings is 1. The fourth-order valence-corrected chi connectivity index (χ4v) is 4.38. The second-order valence-electron chi connectivity index (χ2n) is 7.62. The molecule has 0 N–H and O–H groups in total. The number of hydrogen-bond donors (Lipinski definition) is 0. The third kappa shape index (κ3) is 3.51. The molecule has 2 saturated heterocycles. The van der Waals surface area contributed by atoms with Gasteiger partial charge in [-0.3, -0.25) is 14.6 Å². The Morgan fingerprint density at radius 3 is 2.78 bits per heavy atom. The number of aryl methyl sites for hydroxylation is 1. The van der Waals surface area contributed by atoms with E-state index in [0.717, 1.165) is 64.5 Å². The fraction of sp³-hybridized carbons (Fsp3) is 0.632. The normalized spacial score (nSPS) is 21.0. The summed E-state index contributed by atoms with van der Waals surface area (Å²) in [6.07, 6.45) is 5.16. The Bertz CT molecular complexity index is 763. The van der Waals surface area contributed by atoms with E-state index >= 15 is 0 Å². The average Bonchev–Trinajstić information content (AvgIpc) is 3.37. The number of carbonyl (C=O) groups is 1. The number of nitrogens with zero attached hydrogens (tertiary/aromatic N) is 6. The third-order valence-corrected chi connectivity index (χ3v) is 6.15. The van der Waals surface area contributed by atoms with E-state index in [2.05, 4.69) is 33.9 Å². The highest BCUT2D eigenvalue weighted by Gasteiger charge is 2.43. The highest BCUT2D eigenvalue weighted by molar-refractivity contribution is 5.91. The monoisotopic (exact) mass is 372 g/mol. The zero-order valence-corrected chi connectivity index (χ0v) is 16.2. The van der Waals surface area contributed by atoms with Crippen molar-refractivity contribution in [1.29, 1.82) is 0 Å². The van der Waals surface area contributed by atoms with Crippen LogP contribution >= 0.6 is 0 Å². The summed E-state index contributed by atoms with van der Waals surface area (Å²) in [5.74, 6) is 1.47. The molecule has 0 atom stereocenters. The SMILES string of the molecule is CCn1ncnc1CN1CCN(C)C2(CCN(C(=O)c3ccco3)CC2)C1. The van der Waals surface area contributed by atoms with Crippen molar-refractivity contribution in [3.63, 3.8) is 0 Å². The predicted octanol–water partition coefficient (Wildman–Crippen LogP) is 1.31. The molecule has 8 nitrogen and oxygen atoms in total. The van der Waals surface area contributed by atoms with E-state index in [9.17, 15) is 4.79 Å². The number of likely N-dealkylation sites (N-methyl/N-ethyl adjacent to an activating group) is 1. The van der Waals surface area contributed by atoms with E-state index < -0.39 is 0 Å². The summed E-state index contributed by atoms with van der Waals surface area (Å²) >= 11 is 0. The molecule has 8 heteroatoms. The summed E-state index contributed by atoms with van der Waals surface area (Å²) in [5.41, 5.74) is 0.120. The number of furan rings is 1. The van der Waals surface area contributed by atoms with E-state index in [4.69, 9.17) is 4.42 Å². The van der Waals surface area contributed by atoms with Crippen molar-refractivity contribution in [3.8, 4) is 0 Å². The van der Waals surface area contributed by atoms with Crippen molar-refractivity contribution in [1.82, 2.24) is 29.5 Å². The molecule has 4 heterocycles. The molecule has 2 aliphatic rings. The molecule has 0 radical (unpaired) electrons. The van der Waals surface area contributed by atoms with Crippen LogP contribution in [0.2, 0.25) is 0 Å². The van der Waals surface area contributed by atoms with Gasteiger partial charge in [-0.15, -0.1) is 0 Å². The summed E-state index contributed by atoms with van der Waals surface area (Å²) in [5, 5.41) is 4.29. The minimum atomic E-state index is 0.00113. The molecule has 146 valence electrons. The Labute approximate surface area is 159 Å². The van der Waals surface area contributed by atoms with Crippen LogP contribution in [0, 0.1) is 0 Å². The van der Waals surface area contributed by atoms with Gasteiger partial charge in [0.25, 0.3) is 5.91 Å². The number of aromatic nitrogens is 3. The van der Waals surface area contributed by atoms with Crippen molar-refractivity contribution in [2.24, 2.45) is 0 Å². The van der Waals surface area contributed by atoms with Gasteiger partial charge in [0.1, 0.15) is 12.2 Å². The highest BCUT2D eigenvalue weighted by Crippen LogP contribution is 2.32. The van der Waals surface area contributed by atoms with Gasteiger partial charge in [-0.1, -0.05) is 0 Å². The van der Waals surface area contributed by atoms with E-state index in [1.807, 2.05) is 9.58 Å². The quantitative estimate of drug-likeness (QED) is 0.806. The van der Waals surface area contributed by atoms with Gasteiger partial charge < -0.3 is 9.32 Å². The molecule has 2 aromatic rings. The van der Waals surface area contributed by atoms with Crippen molar-refractivity contribution in [3.05, 3.63) is 36.3 Å². The molecule has 1 amide bonds. The summed E-state index contributed by atoms with van der Waals surface area (Å²) in [4.78, 5) is 23.9. The first kappa shape index (κ1) is 18.2. The maximum atomic E-state index is 12.6. The molecule has 0 aromatic carbocycles. The van der Waals surface area contributed by atoms with E-state index in [1.165, 1.54) is 0 Å². The first-order valence-corrected chi connectivity index (χ1v) is 9.74. The van der Waals surface area contributed by atoms with Crippen LogP contribution in [0.5, 0.6) is 0 Å². The molecule has 1 spiro atoms. The lowest BCUT2D eigenvalue weighted by Crippen LogP contribution is -2.64. The predicted molar refractivity (Wildman–Crippen MR) is 100 cm³/mol. The van der Waals surface area contributed by atoms with Crippen molar-refractivity contribution >= 4 is 5.91 Å². The van der Waals surface area contributed by atoms with E-state index in [-0.39, 0.29) is 11.4 Å². The largest absolute Gasteiger partial charge is 0.459 e. The Balaban J connectivity index is 1.41. The summed E-state index contributed by atoms with van der Waals surface area (Å²) in [7, 11) is 2.22. The second kappa shape index (κ2) is 7.44. The van der Waals surface area contributed by atoms with E-state index in [1.54, 1.807) is 24.7 Å². The van der Waals surface area contributed by atoms with Crippen LogP contribution in [0.15, 0.2) is 29.1 Å². The van der Waals surface area contributed by atoms with Crippen LogP contribution in [0.4, 0.5) is 0 Å². The summed E-state index contributed by atoms with van der Waals surface area (Å²) in [6.45, 7) is 8.37. The lowest BCUT2D eigenvalue weighted by atomic mass is 9.83. The van der Waals surface area contributed by atoms with Gasteiger partial charge in [-0.2, -0.15) is 5.10 Å². The molecular weight excluding hydrogens is 344 g/mol.